The standard InChI is InChI=1S/C13H12FN3O2/c1-9(10-3-2-4-11(14)7-10)16-12-5-6-15-8-13(12)17(18)19/h2-9H,1H3,(H,15,16). The summed E-state index contributed by atoms with van der Waals surface area (Å²) < 4.78 is 13.1. The minimum absolute atomic E-state index is 0.106. The van der Waals surface area contributed by atoms with Crippen molar-refractivity contribution in [2.45, 2.75) is 13.0 Å². The smallest absolute Gasteiger partial charge is 0.310 e. The lowest BCUT2D eigenvalue weighted by Gasteiger charge is -2.15. The lowest BCUT2D eigenvalue weighted by Crippen LogP contribution is -2.08. The van der Waals surface area contributed by atoms with E-state index in [9.17, 15) is 14.5 Å². The Morgan fingerprint density at radius 2 is 2.21 bits per heavy atom. The number of halogens is 1. The minimum atomic E-state index is -0.506. The molecule has 0 radical (unpaired) electrons. The highest BCUT2D eigenvalue weighted by molar-refractivity contribution is 5.60. The molecule has 1 N–H and O–H groups in total. The lowest BCUT2D eigenvalue weighted by atomic mass is 10.1. The van der Waals surface area contributed by atoms with E-state index in [1.54, 1.807) is 19.1 Å². The van der Waals surface area contributed by atoms with E-state index < -0.39 is 4.92 Å². The summed E-state index contributed by atoms with van der Waals surface area (Å²) >= 11 is 0. The van der Waals surface area contributed by atoms with Crippen molar-refractivity contribution in [3.8, 4) is 0 Å². The van der Waals surface area contributed by atoms with Gasteiger partial charge < -0.3 is 5.32 Å². The summed E-state index contributed by atoms with van der Waals surface area (Å²) in [4.78, 5) is 14.1. The molecule has 5 nitrogen and oxygen atoms in total. The highest BCUT2D eigenvalue weighted by Crippen LogP contribution is 2.26. The first kappa shape index (κ1) is 12.9. The fraction of sp³-hybridized carbons (Fsp3) is 0.154. The van der Waals surface area contributed by atoms with Crippen molar-refractivity contribution in [1.82, 2.24) is 4.98 Å². The number of hydrogen-bond donors (Lipinski definition) is 1. The van der Waals surface area contributed by atoms with E-state index in [2.05, 4.69) is 10.3 Å². The van der Waals surface area contributed by atoms with Gasteiger partial charge in [-0.1, -0.05) is 12.1 Å². The lowest BCUT2D eigenvalue weighted by molar-refractivity contribution is -0.384. The molecule has 98 valence electrons. The Bertz CT molecular complexity index is 604. The van der Waals surface area contributed by atoms with Crippen LogP contribution in [0.15, 0.2) is 42.7 Å². The van der Waals surface area contributed by atoms with Crippen molar-refractivity contribution < 1.29 is 9.31 Å². The molecule has 0 fully saturated rings. The number of benzene rings is 1. The van der Waals surface area contributed by atoms with Crippen LogP contribution in [0.5, 0.6) is 0 Å². The molecule has 0 bridgehead atoms. The fourth-order valence-electron chi connectivity index (χ4n) is 1.75. The second-order valence-electron chi connectivity index (χ2n) is 4.07. The highest BCUT2D eigenvalue weighted by Gasteiger charge is 2.15. The van der Waals surface area contributed by atoms with Crippen LogP contribution in [0.25, 0.3) is 0 Å². The second-order valence-corrected chi connectivity index (χ2v) is 4.07. The number of nitrogens with zero attached hydrogens (tertiary/aromatic N) is 2. The van der Waals surface area contributed by atoms with Gasteiger partial charge in [0.25, 0.3) is 0 Å². The van der Waals surface area contributed by atoms with E-state index in [1.807, 2.05) is 0 Å². The quantitative estimate of drug-likeness (QED) is 0.677. The Morgan fingerprint density at radius 3 is 2.89 bits per heavy atom. The molecule has 0 aliphatic carbocycles. The van der Waals surface area contributed by atoms with Crippen LogP contribution in [0.2, 0.25) is 0 Å². The van der Waals surface area contributed by atoms with E-state index >= 15 is 0 Å². The Hall–Kier alpha value is -2.50. The van der Waals surface area contributed by atoms with Crippen LogP contribution >= 0.6 is 0 Å². The maximum atomic E-state index is 13.1. The van der Waals surface area contributed by atoms with Crippen molar-refractivity contribution in [3.63, 3.8) is 0 Å². The molecular formula is C13H12FN3O2. The molecule has 1 aromatic heterocycles. The van der Waals surface area contributed by atoms with Gasteiger partial charge in [-0.05, 0) is 30.7 Å². The molecule has 0 saturated heterocycles. The Balaban J connectivity index is 2.24. The molecule has 1 aromatic carbocycles. The Kier molecular flexibility index (Phi) is 3.70. The van der Waals surface area contributed by atoms with E-state index in [-0.39, 0.29) is 17.5 Å². The summed E-state index contributed by atoms with van der Waals surface area (Å²) in [5.41, 5.74) is 0.966. The Morgan fingerprint density at radius 1 is 1.42 bits per heavy atom. The summed E-state index contributed by atoms with van der Waals surface area (Å²) in [6.07, 6.45) is 2.65. The van der Waals surface area contributed by atoms with Crippen molar-refractivity contribution >= 4 is 11.4 Å². The second kappa shape index (κ2) is 5.43. The molecule has 0 saturated carbocycles. The summed E-state index contributed by atoms with van der Waals surface area (Å²) in [5, 5.41) is 13.8. The predicted octanol–water partition coefficient (Wildman–Crippen LogP) is 3.30. The van der Waals surface area contributed by atoms with Gasteiger partial charge in [0, 0.05) is 12.2 Å². The molecule has 1 atom stereocenters. The third kappa shape index (κ3) is 3.04. The third-order valence-electron chi connectivity index (χ3n) is 2.72. The van der Waals surface area contributed by atoms with Crippen molar-refractivity contribution in [3.05, 3.63) is 64.2 Å². The van der Waals surface area contributed by atoms with Gasteiger partial charge in [0.1, 0.15) is 17.7 Å². The summed E-state index contributed by atoms with van der Waals surface area (Å²) in [6, 6.07) is 7.37. The van der Waals surface area contributed by atoms with Crippen molar-refractivity contribution in [2.75, 3.05) is 5.32 Å². The molecule has 1 heterocycles. The zero-order valence-electron chi connectivity index (χ0n) is 10.2. The van der Waals surface area contributed by atoms with Gasteiger partial charge in [-0.25, -0.2) is 4.39 Å². The van der Waals surface area contributed by atoms with Gasteiger partial charge >= 0.3 is 5.69 Å². The molecule has 2 rings (SSSR count). The average molecular weight is 261 g/mol. The van der Waals surface area contributed by atoms with Crippen LogP contribution in [-0.4, -0.2) is 9.91 Å². The molecule has 0 amide bonds. The molecule has 1 unspecified atom stereocenters. The fourth-order valence-corrected chi connectivity index (χ4v) is 1.75. The number of pyridine rings is 1. The number of nitro groups is 1. The summed E-state index contributed by atoms with van der Waals surface area (Å²) in [6.45, 7) is 1.80. The first-order chi connectivity index (χ1) is 9.08. The minimum Gasteiger partial charge on any atom is -0.373 e. The SMILES string of the molecule is CC(Nc1ccncc1[N+](=O)[O-])c1cccc(F)c1. The largest absolute Gasteiger partial charge is 0.373 e. The van der Waals surface area contributed by atoms with Gasteiger partial charge in [0.05, 0.1) is 4.92 Å². The molecule has 0 spiro atoms. The zero-order valence-corrected chi connectivity index (χ0v) is 10.2. The topological polar surface area (TPSA) is 68.1 Å². The number of nitrogens with one attached hydrogen (secondary N) is 1. The molecule has 2 aromatic rings. The first-order valence-electron chi connectivity index (χ1n) is 5.68. The molecular weight excluding hydrogens is 249 g/mol. The van der Waals surface area contributed by atoms with Crippen LogP contribution in [-0.2, 0) is 0 Å². The first-order valence-corrected chi connectivity index (χ1v) is 5.68. The number of rotatable bonds is 4. The van der Waals surface area contributed by atoms with Crippen molar-refractivity contribution in [1.29, 1.82) is 0 Å². The van der Waals surface area contributed by atoms with Gasteiger partial charge in [0.15, 0.2) is 0 Å². The van der Waals surface area contributed by atoms with Crippen LogP contribution in [0.4, 0.5) is 15.8 Å². The van der Waals surface area contributed by atoms with Crippen LogP contribution < -0.4 is 5.32 Å². The number of aromatic nitrogens is 1. The van der Waals surface area contributed by atoms with Gasteiger partial charge in [-0.15, -0.1) is 0 Å². The zero-order chi connectivity index (χ0) is 13.8. The van der Waals surface area contributed by atoms with Gasteiger partial charge in [-0.3, -0.25) is 15.1 Å². The molecule has 0 aliphatic rings. The van der Waals surface area contributed by atoms with Crippen molar-refractivity contribution in [2.24, 2.45) is 0 Å². The monoisotopic (exact) mass is 261 g/mol. The summed E-state index contributed by atoms with van der Waals surface area (Å²) in [7, 11) is 0. The third-order valence-corrected chi connectivity index (χ3v) is 2.72. The summed E-state index contributed by atoms with van der Waals surface area (Å²) in [5.74, 6) is -0.338. The Labute approximate surface area is 109 Å². The average Bonchev–Trinajstić information content (AvgIpc) is 2.39. The van der Waals surface area contributed by atoms with E-state index in [4.69, 9.17) is 0 Å². The number of anilines is 1. The maximum absolute atomic E-state index is 13.1. The highest BCUT2D eigenvalue weighted by atomic mass is 19.1. The molecule has 19 heavy (non-hydrogen) atoms. The van der Waals surface area contributed by atoms with Crippen LogP contribution in [0.1, 0.15) is 18.5 Å². The normalized spacial score (nSPS) is 11.9. The number of hydrogen-bond acceptors (Lipinski definition) is 4. The maximum Gasteiger partial charge on any atom is 0.310 e. The van der Waals surface area contributed by atoms with Gasteiger partial charge in [0.2, 0.25) is 0 Å². The van der Waals surface area contributed by atoms with E-state index in [0.29, 0.717) is 11.3 Å². The van der Waals surface area contributed by atoms with Crippen LogP contribution in [0.3, 0.4) is 0 Å². The molecule has 0 aliphatic heterocycles. The van der Waals surface area contributed by atoms with E-state index in [0.717, 1.165) is 0 Å². The predicted molar refractivity (Wildman–Crippen MR) is 69.3 cm³/mol. The van der Waals surface area contributed by atoms with Crippen LogP contribution in [0, 0.1) is 15.9 Å². The molecule has 6 heteroatoms. The van der Waals surface area contributed by atoms with E-state index in [1.165, 1.54) is 30.6 Å². The van der Waals surface area contributed by atoms with Gasteiger partial charge in [-0.2, -0.15) is 0 Å².